The normalized spacial score (nSPS) is 23.7. The van der Waals surface area contributed by atoms with Crippen molar-refractivity contribution in [1.29, 1.82) is 0 Å². The van der Waals surface area contributed by atoms with E-state index < -0.39 is 12.2 Å². The molecule has 140 valence electrons. The highest BCUT2D eigenvalue weighted by molar-refractivity contribution is 5.76. The number of aryl methyl sites for hydroxylation is 1. The maximum Gasteiger partial charge on any atom is 0.251 e. The molecule has 7 nitrogen and oxygen atoms in total. The fraction of sp³-hybridized carbons (Fsp3) is 0.667. The molecule has 1 amide bonds. The van der Waals surface area contributed by atoms with Gasteiger partial charge in [0, 0.05) is 31.3 Å². The molecule has 2 heterocycles. The second-order valence-corrected chi connectivity index (χ2v) is 7.22. The molecule has 3 atom stereocenters. The predicted octanol–water partition coefficient (Wildman–Crippen LogP) is 0.00952. The van der Waals surface area contributed by atoms with Gasteiger partial charge in [-0.25, -0.2) is 0 Å². The Kier molecular flexibility index (Phi) is 6.75. The molecule has 0 saturated carbocycles. The van der Waals surface area contributed by atoms with E-state index in [2.05, 4.69) is 0 Å². The van der Waals surface area contributed by atoms with Crippen LogP contribution in [0.25, 0.3) is 0 Å². The molecule has 1 aliphatic rings. The minimum absolute atomic E-state index is 0.0436. The molecule has 0 bridgehead atoms. The molecular formula is C18H28N2O5. The number of rotatable bonds is 6. The Morgan fingerprint density at radius 1 is 1.40 bits per heavy atom. The summed E-state index contributed by atoms with van der Waals surface area (Å²) in [7, 11) is 0. The number of pyridine rings is 1. The zero-order valence-electron chi connectivity index (χ0n) is 15.1. The van der Waals surface area contributed by atoms with Gasteiger partial charge in [0.1, 0.15) is 12.6 Å². The van der Waals surface area contributed by atoms with Crippen molar-refractivity contribution in [2.75, 3.05) is 26.3 Å². The van der Waals surface area contributed by atoms with Crippen LogP contribution in [0, 0.1) is 18.8 Å². The first-order valence-electron chi connectivity index (χ1n) is 8.66. The third-order valence-corrected chi connectivity index (χ3v) is 4.35. The van der Waals surface area contributed by atoms with E-state index >= 15 is 0 Å². The third-order valence-electron chi connectivity index (χ3n) is 4.35. The summed E-state index contributed by atoms with van der Waals surface area (Å²) in [5.74, 6) is -0.293. The van der Waals surface area contributed by atoms with E-state index in [0.717, 1.165) is 5.56 Å². The van der Waals surface area contributed by atoms with Crippen LogP contribution in [0.2, 0.25) is 0 Å². The number of hydrogen-bond donors (Lipinski definition) is 2. The molecule has 2 N–H and O–H groups in total. The van der Waals surface area contributed by atoms with E-state index in [1.54, 1.807) is 17.2 Å². The molecule has 1 aromatic rings. The van der Waals surface area contributed by atoms with Crippen molar-refractivity contribution in [3.05, 3.63) is 34.2 Å². The lowest BCUT2D eigenvalue weighted by Gasteiger charge is -2.36. The summed E-state index contributed by atoms with van der Waals surface area (Å²) in [4.78, 5) is 26.4. The molecule has 25 heavy (non-hydrogen) atoms. The molecule has 1 saturated heterocycles. The lowest BCUT2D eigenvalue weighted by atomic mass is 9.95. The Bertz CT molecular complexity index is 643. The minimum atomic E-state index is -0.936. The lowest BCUT2D eigenvalue weighted by molar-refractivity contribution is -0.143. The smallest absolute Gasteiger partial charge is 0.251 e. The van der Waals surface area contributed by atoms with Crippen molar-refractivity contribution >= 4 is 5.91 Å². The second kappa shape index (κ2) is 8.60. The number of ether oxygens (including phenoxy) is 1. The van der Waals surface area contributed by atoms with Gasteiger partial charge in [-0.1, -0.05) is 13.8 Å². The summed E-state index contributed by atoms with van der Waals surface area (Å²) in [6.07, 6.45) is -0.237. The fourth-order valence-corrected chi connectivity index (χ4v) is 3.00. The van der Waals surface area contributed by atoms with Gasteiger partial charge < -0.3 is 24.4 Å². The first-order valence-corrected chi connectivity index (χ1v) is 8.66. The highest BCUT2D eigenvalue weighted by atomic mass is 16.5. The van der Waals surface area contributed by atoms with Gasteiger partial charge >= 0.3 is 0 Å². The number of carbonyl (C=O) groups is 1. The fourth-order valence-electron chi connectivity index (χ4n) is 3.00. The molecule has 0 aliphatic carbocycles. The Morgan fingerprint density at radius 2 is 2.12 bits per heavy atom. The van der Waals surface area contributed by atoms with E-state index in [4.69, 9.17) is 4.74 Å². The minimum Gasteiger partial charge on any atom is -0.390 e. The zero-order chi connectivity index (χ0) is 18.6. The zero-order valence-corrected chi connectivity index (χ0v) is 15.1. The third kappa shape index (κ3) is 5.39. The van der Waals surface area contributed by atoms with Gasteiger partial charge in [0.2, 0.25) is 5.91 Å². The van der Waals surface area contributed by atoms with Gasteiger partial charge in [0.05, 0.1) is 19.3 Å². The number of aromatic nitrogens is 1. The summed E-state index contributed by atoms with van der Waals surface area (Å²) in [5, 5.41) is 19.9. The van der Waals surface area contributed by atoms with Crippen LogP contribution in [-0.4, -0.2) is 64.1 Å². The standard InChI is InChI=1S/C18H28N2O5/c1-12(2)7-20(8-14-10-25-11-15(21)18(14)24)17(23)9-19-5-4-13(3)6-16(19)22/h4-6,12,14-15,18,21,24H,7-11H2,1-3H3/t14-,15-,18+/m1/s1. The largest absolute Gasteiger partial charge is 0.390 e. The average Bonchev–Trinajstić information content (AvgIpc) is 2.53. The average molecular weight is 352 g/mol. The van der Waals surface area contributed by atoms with Crippen molar-refractivity contribution in [3.63, 3.8) is 0 Å². The van der Waals surface area contributed by atoms with Crippen LogP contribution in [0.4, 0.5) is 0 Å². The van der Waals surface area contributed by atoms with Crippen molar-refractivity contribution in [1.82, 2.24) is 9.47 Å². The quantitative estimate of drug-likeness (QED) is 0.752. The van der Waals surface area contributed by atoms with Gasteiger partial charge in [-0.05, 0) is 24.5 Å². The van der Waals surface area contributed by atoms with Gasteiger partial charge in [0.15, 0.2) is 0 Å². The topological polar surface area (TPSA) is 92.0 Å². The van der Waals surface area contributed by atoms with Gasteiger partial charge in [-0.2, -0.15) is 0 Å². The van der Waals surface area contributed by atoms with E-state index in [0.29, 0.717) is 13.2 Å². The van der Waals surface area contributed by atoms with Crippen LogP contribution in [0.15, 0.2) is 23.1 Å². The molecule has 1 fully saturated rings. The summed E-state index contributed by atoms with van der Waals surface area (Å²) >= 11 is 0. The van der Waals surface area contributed by atoms with Gasteiger partial charge in [-0.15, -0.1) is 0 Å². The molecule has 1 aliphatic heterocycles. The van der Waals surface area contributed by atoms with Crippen molar-refractivity contribution in [2.45, 2.75) is 39.5 Å². The van der Waals surface area contributed by atoms with E-state index in [-0.39, 0.29) is 43.0 Å². The Labute approximate surface area is 147 Å². The highest BCUT2D eigenvalue weighted by Crippen LogP contribution is 2.18. The first kappa shape index (κ1) is 19.6. The molecule has 7 heteroatoms. The molecule has 0 spiro atoms. The summed E-state index contributed by atoms with van der Waals surface area (Å²) in [6.45, 7) is 6.99. The van der Waals surface area contributed by atoms with Crippen molar-refractivity contribution in [3.8, 4) is 0 Å². The van der Waals surface area contributed by atoms with Crippen LogP contribution in [-0.2, 0) is 16.1 Å². The lowest BCUT2D eigenvalue weighted by Crippen LogP contribution is -2.50. The predicted molar refractivity (Wildman–Crippen MR) is 93.2 cm³/mol. The Hall–Kier alpha value is -1.70. The second-order valence-electron chi connectivity index (χ2n) is 7.22. The highest BCUT2D eigenvalue weighted by Gasteiger charge is 2.33. The number of nitrogens with zero attached hydrogens (tertiary/aromatic N) is 2. The first-order chi connectivity index (χ1) is 11.8. The Morgan fingerprint density at radius 3 is 2.76 bits per heavy atom. The van der Waals surface area contributed by atoms with Crippen LogP contribution in [0.3, 0.4) is 0 Å². The van der Waals surface area contributed by atoms with Crippen LogP contribution < -0.4 is 5.56 Å². The number of aliphatic hydroxyl groups is 2. The molecular weight excluding hydrogens is 324 g/mol. The maximum absolute atomic E-state index is 12.7. The number of hydrogen-bond acceptors (Lipinski definition) is 5. The van der Waals surface area contributed by atoms with Gasteiger partial charge in [0.25, 0.3) is 5.56 Å². The van der Waals surface area contributed by atoms with E-state index in [1.807, 2.05) is 20.8 Å². The number of amides is 1. The number of aliphatic hydroxyl groups excluding tert-OH is 2. The molecule has 0 aromatic carbocycles. The maximum atomic E-state index is 12.7. The van der Waals surface area contributed by atoms with Crippen LogP contribution >= 0.6 is 0 Å². The van der Waals surface area contributed by atoms with E-state index in [9.17, 15) is 19.8 Å². The number of carbonyl (C=O) groups excluding carboxylic acids is 1. The van der Waals surface area contributed by atoms with Crippen molar-refractivity contribution in [2.24, 2.45) is 11.8 Å². The van der Waals surface area contributed by atoms with Crippen LogP contribution in [0.1, 0.15) is 19.4 Å². The van der Waals surface area contributed by atoms with Crippen molar-refractivity contribution < 1.29 is 19.7 Å². The SMILES string of the molecule is Cc1ccn(CC(=O)N(CC(C)C)C[C@@H]2COC[C@@H](O)[C@H]2O)c(=O)c1. The molecule has 1 aromatic heterocycles. The van der Waals surface area contributed by atoms with Crippen LogP contribution in [0.5, 0.6) is 0 Å². The summed E-state index contributed by atoms with van der Waals surface area (Å²) in [6, 6.07) is 3.28. The summed E-state index contributed by atoms with van der Waals surface area (Å²) in [5.41, 5.74) is 0.638. The molecule has 2 rings (SSSR count). The monoisotopic (exact) mass is 352 g/mol. The van der Waals surface area contributed by atoms with E-state index in [1.165, 1.54) is 10.6 Å². The molecule has 0 radical (unpaired) electrons. The molecule has 0 unspecified atom stereocenters. The van der Waals surface area contributed by atoms with Gasteiger partial charge in [-0.3, -0.25) is 9.59 Å². The summed E-state index contributed by atoms with van der Waals surface area (Å²) < 4.78 is 6.68. The Balaban J connectivity index is 2.10.